The van der Waals surface area contributed by atoms with Crippen molar-refractivity contribution in [3.8, 4) is 0 Å². The molecule has 1 aromatic rings. The summed E-state index contributed by atoms with van der Waals surface area (Å²) in [5.74, 6) is 0.0492. The Labute approximate surface area is 98.4 Å². The molecule has 1 rings (SSSR count). The van der Waals surface area contributed by atoms with Crippen LogP contribution in [0.2, 0.25) is 0 Å². The molecule has 0 aromatic carbocycles. The third-order valence-corrected chi connectivity index (χ3v) is 2.71. The highest BCUT2D eigenvalue weighted by Gasteiger charge is 2.15. The van der Waals surface area contributed by atoms with E-state index in [1.54, 1.807) is 11.6 Å². The van der Waals surface area contributed by atoms with Gasteiger partial charge in [0.05, 0.1) is 19.0 Å². The van der Waals surface area contributed by atoms with Gasteiger partial charge in [0.25, 0.3) is 0 Å². The minimum absolute atomic E-state index is 0.0492. The molecule has 0 saturated carbocycles. The normalized spacial score (nSPS) is 10.7. The Morgan fingerprint density at radius 2 is 2.18 bits per heavy atom. The van der Waals surface area contributed by atoms with Crippen LogP contribution < -0.4 is 15.2 Å². The van der Waals surface area contributed by atoms with Crippen LogP contribution >= 0.6 is 0 Å². The van der Waals surface area contributed by atoms with Crippen molar-refractivity contribution in [2.24, 2.45) is 0 Å². The molecular weight excluding hydrogens is 248 g/mol. The molecule has 0 spiro atoms. The van der Waals surface area contributed by atoms with Crippen molar-refractivity contribution in [3.05, 3.63) is 17.8 Å². The number of ether oxygens (including phenoxy) is 1. The molecule has 8 nitrogen and oxygen atoms in total. The highest BCUT2D eigenvalue weighted by atomic mass is 32.2. The summed E-state index contributed by atoms with van der Waals surface area (Å²) in [6.07, 6.45) is 0.218. The first-order valence-electron chi connectivity index (χ1n) is 4.44. The van der Waals surface area contributed by atoms with E-state index in [0.717, 1.165) is 7.11 Å². The van der Waals surface area contributed by atoms with Crippen molar-refractivity contribution >= 4 is 27.8 Å². The number of carbonyl (C=O) groups excluding carboxylic acids is 1. The SMILES string of the molecule is COC(=O)NS(=O)(=O)Nc1cc(C)c(N)cn1. The van der Waals surface area contributed by atoms with Gasteiger partial charge in [-0.2, -0.15) is 8.42 Å². The Morgan fingerprint density at radius 3 is 2.71 bits per heavy atom. The van der Waals surface area contributed by atoms with Crippen LogP contribution in [0.5, 0.6) is 0 Å². The van der Waals surface area contributed by atoms with Gasteiger partial charge < -0.3 is 10.5 Å². The third-order valence-electron chi connectivity index (χ3n) is 1.79. The maximum atomic E-state index is 11.4. The number of rotatable bonds is 3. The minimum atomic E-state index is -4.05. The molecule has 1 amide bonds. The molecule has 1 heterocycles. The van der Waals surface area contributed by atoms with Gasteiger partial charge in [-0.15, -0.1) is 0 Å². The lowest BCUT2D eigenvalue weighted by molar-refractivity contribution is 0.177. The van der Waals surface area contributed by atoms with Gasteiger partial charge >= 0.3 is 16.3 Å². The first-order valence-corrected chi connectivity index (χ1v) is 5.93. The van der Waals surface area contributed by atoms with Crippen LogP contribution in [0, 0.1) is 6.92 Å². The molecule has 0 aliphatic heterocycles. The second-order valence-electron chi connectivity index (χ2n) is 3.13. The highest BCUT2D eigenvalue weighted by Crippen LogP contribution is 2.13. The zero-order valence-electron chi connectivity index (χ0n) is 9.22. The minimum Gasteiger partial charge on any atom is -0.452 e. The zero-order valence-corrected chi connectivity index (χ0v) is 10.0. The molecule has 9 heteroatoms. The van der Waals surface area contributed by atoms with Gasteiger partial charge in [-0.25, -0.2) is 14.5 Å². The molecule has 0 aliphatic rings. The lowest BCUT2D eigenvalue weighted by Gasteiger charge is -2.08. The summed E-state index contributed by atoms with van der Waals surface area (Å²) in [7, 11) is -3.00. The molecule has 0 atom stereocenters. The van der Waals surface area contributed by atoms with Crippen molar-refractivity contribution in [1.29, 1.82) is 0 Å². The maximum Gasteiger partial charge on any atom is 0.422 e. The largest absolute Gasteiger partial charge is 0.452 e. The fourth-order valence-corrected chi connectivity index (χ4v) is 1.68. The van der Waals surface area contributed by atoms with E-state index in [9.17, 15) is 13.2 Å². The molecule has 0 bridgehead atoms. The lowest BCUT2D eigenvalue weighted by Crippen LogP contribution is -2.35. The fourth-order valence-electron chi connectivity index (χ4n) is 0.937. The first-order chi connectivity index (χ1) is 7.84. The van der Waals surface area contributed by atoms with Gasteiger partial charge in [-0.05, 0) is 18.6 Å². The average molecular weight is 260 g/mol. The molecule has 0 saturated heterocycles. The number of nitrogens with one attached hydrogen (secondary N) is 2. The van der Waals surface area contributed by atoms with Crippen molar-refractivity contribution in [3.63, 3.8) is 0 Å². The first kappa shape index (κ1) is 13.0. The summed E-state index contributed by atoms with van der Waals surface area (Å²) in [6.45, 7) is 1.70. The molecule has 0 fully saturated rings. The fraction of sp³-hybridized carbons (Fsp3) is 0.250. The molecule has 17 heavy (non-hydrogen) atoms. The number of carbonyl (C=O) groups is 1. The van der Waals surface area contributed by atoms with Crippen LogP contribution in [0.1, 0.15) is 5.56 Å². The summed E-state index contributed by atoms with van der Waals surface area (Å²) in [4.78, 5) is 14.5. The number of aryl methyl sites for hydroxylation is 1. The molecular formula is C8H12N4O4S. The van der Waals surface area contributed by atoms with E-state index < -0.39 is 16.3 Å². The van der Waals surface area contributed by atoms with Gasteiger partial charge in [0.15, 0.2) is 0 Å². The predicted octanol–water partition coefficient (Wildman–Crippen LogP) is -0.0151. The Morgan fingerprint density at radius 1 is 1.53 bits per heavy atom. The van der Waals surface area contributed by atoms with E-state index in [0.29, 0.717) is 11.3 Å². The number of nitrogen functional groups attached to an aromatic ring is 1. The summed E-state index contributed by atoms with van der Waals surface area (Å²) >= 11 is 0. The van der Waals surface area contributed by atoms with Crippen LogP contribution in [0.3, 0.4) is 0 Å². The maximum absolute atomic E-state index is 11.4. The van der Waals surface area contributed by atoms with Gasteiger partial charge in [0.2, 0.25) is 0 Å². The van der Waals surface area contributed by atoms with E-state index in [-0.39, 0.29) is 5.82 Å². The summed E-state index contributed by atoms with van der Waals surface area (Å²) in [5.41, 5.74) is 6.63. The quantitative estimate of drug-likeness (QED) is 0.702. The number of anilines is 2. The summed E-state index contributed by atoms with van der Waals surface area (Å²) in [5, 5.41) is 0. The van der Waals surface area contributed by atoms with E-state index in [2.05, 4.69) is 9.72 Å². The van der Waals surface area contributed by atoms with E-state index in [4.69, 9.17) is 5.73 Å². The highest BCUT2D eigenvalue weighted by molar-refractivity contribution is 7.91. The standard InChI is InChI=1S/C8H12N4O4S/c1-5-3-7(10-4-6(5)9)11-17(14,15)12-8(13)16-2/h3-4H,9H2,1-2H3,(H,10,11)(H,12,13). The zero-order chi connectivity index (χ0) is 13.1. The smallest absolute Gasteiger partial charge is 0.422 e. The Balaban J connectivity index is 2.83. The second-order valence-corrected chi connectivity index (χ2v) is 4.54. The second kappa shape index (κ2) is 4.87. The van der Waals surface area contributed by atoms with Crippen LogP contribution in [0.15, 0.2) is 12.3 Å². The van der Waals surface area contributed by atoms with Crippen molar-refractivity contribution in [2.45, 2.75) is 6.92 Å². The van der Waals surface area contributed by atoms with Crippen LogP contribution in [-0.4, -0.2) is 26.6 Å². The average Bonchev–Trinajstić information content (AvgIpc) is 2.22. The van der Waals surface area contributed by atoms with Crippen molar-refractivity contribution < 1.29 is 17.9 Å². The molecule has 0 unspecified atom stereocenters. The van der Waals surface area contributed by atoms with Crippen LogP contribution in [0.4, 0.5) is 16.3 Å². The molecule has 94 valence electrons. The van der Waals surface area contributed by atoms with Gasteiger partial charge in [0.1, 0.15) is 5.82 Å². The Hall–Kier alpha value is -2.03. The lowest BCUT2D eigenvalue weighted by atomic mass is 10.2. The predicted molar refractivity (Wildman–Crippen MR) is 61.5 cm³/mol. The molecule has 1 aromatic heterocycles. The molecule has 0 aliphatic carbocycles. The number of hydrogen-bond donors (Lipinski definition) is 3. The summed E-state index contributed by atoms with van der Waals surface area (Å²) < 4.78 is 30.6. The number of pyridine rings is 1. The third kappa shape index (κ3) is 3.79. The summed E-state index contributed by atoms with van der Waals surface area (Å²) in [6, 6.07) is 1.44. The number of methoxy groups -OCH3 is 1. The Kier molecular flexibility index (Phi) is 3.73. The van der Waals surface area contributed by atoms with Gasteiger partial charge in [-0.3, -0.25) is 4.72 Å². The van der Waals surface area contributed by atoms with Crippen molar-refractivity contribution in [1.82, 2.24) is 9.71 Å². The topological polar surface area (TPSA) is 123 Å². The van der Waals surface area contributed by atoms with Crippen LogP contribution in [0.25, 0.3) is 0 Å². The number of nitrogens with zero attached hydrogens (tertiary/aromatic N) is 1. The van der Waals surface area contributed by atoms with Gasteiger partial charge in [0, 0.05) is 0 Å². The van der Waals surface area contributed by atoms with Crippen molar-refractivity contribution in [2.75, 3.05) is 17.6 Å². The van der Waals surface area contributed by atoms with E-state index in [1.807, 2.05) is 4.72 Å². The Bertz CT molecular complexity index is 528. The number of nitrogens with two attached hydrogens (primary N) is 1. The van der Waals surface area contributed by atoms with E-state index >= 15 is 0 Å². The monoisotopic (exact) mass is 260 g/mol. The van der Waals surface area contributed by atoms with Crippen LogP contribution in [-0.2, 0) is 14.9 Å². The number of amides is 1. The van der Waals surface area contributed by atoms with E-state index in [1.165, 1.54) is 12.3 Å². The number of hydrogen-bond acceptors (Lipinski definition) is 6. The molecule has 4 N–H and O–H groups in total. The molecule has 0 radical (unpaired) electrons. The van der Waals surface area contributed by atoms with Gasteiger partial charge in [-0.1, -0.05) is 0 Å². The number of aromatic nitrogens is 1.